The molecule has 78 valence electrons. The molecular weight excluding hydrogens is 168 g/mol. The SMILES string of the molecule is CCC1=C(C)C(CC)C2=C1CCCC2. The zero-order valence-corrected chi connectivity index (χ0v) is 9.82. The molecule has 0 nitrogen and oxygen atoms in total. The van der Waals surface area contributed by atoms with Crippen LogP contribution in [-0.4, -0.2) is 0 Å². The number of hydrogen-bond donors (Lipinski definition) is 0. The summed E-state index contributed by atoms with van der Waals surface area (Å²) in [6, 6.07) is 0. The maximum Gasteiger partial charge on any atom is 0.00134 e. The summed E-state index contributed by atoms with van der Waals surface area (Å²) in [6.07, 6.45) is 8.17. The van der Waals surface area contributed by atoms with E-state index in [-0.39, 0.29) is 0 Å². The fraction of sp³-hybridized carbons (Fsp3) is 0.714. The van der Waals surface area contributed by atoms with Crippen LogP contribution in [0.2, 0.25) is 0 Å². The van der Waals surface area contributed by atoms with E-state index in [0.29, 0.717) is 0 Å². The lowest BCUT2D eigenvalue weighted by atomic mass is 9.85. The van der Waals surface area contributed by atoms with Crippen LogP contribution in [0.3, 0.4) is 0 Å². The summed E-state index contributed by atoms with van der Waals surface area (Å²) < 4.78 is 0. The zero-order chi connectivity index (χ0) is 10.1. The van der Waals surface area contributed by atoms with Crippen molar-refractivity contribution >= 4 is 0 Å². The van der Waals surface area contributed by atoms with Crippen molar-refractivity contribution in [2.24, 2.45) is 5.92 Å². The summed E-state index contributed by atoms with van der Waals surface area (Å²) in [4.78, 5) is 0. The van der Waals surface area contributed by atoms with Crippen LogP contribution < -0.4 is 0 Å². The molecule has 0 saturated carbocycles. The molecule has 2 rings (SSSR count). The van der Waals surface area contributed by atoms with Crippen molar-refractivity contribution < 1.29 is 0 Å². The van der Waals surface area contributed by atoms with E-state index in [1.54, 1.807) is 16.7 Å². The Morgan fingerprint density at radius 3 is 2.50 bits per heavy atom. The monoisotopic (exact) mass is 190 g/mol. The molecule has 0 aromatic rings. The summed E-state index contributed by atoms with van der Waals surface area (Å²) in [5.41, 5.74) is 6.99. The van der Waals surface area contributed by atoms with Crippen molar-refractivity contribution in [3.63, 3.8) is 0 Å². The van der Waals surface area contributed by atoms with Crippen LogP contribution in [0.1, 0.15) is 59.3 Å². The maximum atomic E-state index is 2.37. The lowest BCUT2D eigenvalue weighted by Gasteiger charge is -2.20. The highest BCUT2D eigenvalue weighted by Gasteiger charge is 2.29. The van der Waals surface area contributed by atoms with Crippen molar-refractivity contribution in [2.75, 3.05) is 0 Å². The summed E-state index contributed by atoms with van der Waals surface area (Å²) >= 11 is 0. The molecule has 2 aliphatic rings. The largest absolute Gasteiger partial charge is 0.0645 e. The van der Waals surface area contributed by atoms with Gasteiger partial charge in [0.2, 0.25) is 0 Å². The number of hydrogen-bond acceptors (Lipinski definition) is 0. The van der Waals surface area contributed by atoms with Gasteiger partial charge in [-0.25, -0.2) is 0 Å². The Morgan fingerprint density at radius 1 is 1.14 bits per heavy atom. The highest BCUT2D eigenvalue weighted by atomic mass is 14.3. The van der Waals surface area contributed by atoms with Gasteiger partial charge in [-0.2, -0.15) is 0 Å². The van der Waals surface area contributed by atoms with Crippen LogP contribution >= 0.6 is 0 Å². The van der Waals surface area contributed by atoms with Crippen molar-refractivity contribution in [3.05, 3.63) is 22.3 Å². The van der Waals surface area contributed by atoms with Crippen molar-refractivity contribution in [2.45, 2.75) is 59.3 Å². The van der Waals surface area contributed by atoms with Gasteiger partial charge in [0, 0.05) is 5.92 Å². The normalized spacial score (nSPS) is 27.2. The molecule has 1 atom stereocenters. The smallest absolute Gasteiger partial charge is 0.00134 e. The molecule has 0 aromatic heterocycles. The van der Waals surface area contributed by atoms with Gasteiger partial charge in [0.1, 0.15) is 0 Å². The topological polar surface area (TPSA) is 0 Å². The standard InChI is InChI=1S/C14H22/c1-4-11-10(3)12(5-2)14-9-7-6-8-13(11)14/h11H,4-9H2,1-3H3. The molecule has 0 bridgehead atoms. The summed E-state index contributed by atoms with van der Waals surface area (Å²) in [7, 11) is 0. The van der Waals surface area contributed by atoms with E-state index in [2.05, 4.69) is 20.8 Å². The molecule has 0 amide bonds. The van der Waals surface area contributed by atoms with Gasteiger partial charge in [-0.1, -0.05) is 25.0 Å². The van der Waals surface area contributed by atoms with Gasteiger partial charge in [-0.15, -0.1) is 0 Å². The molecule has 14 heavy (non-hydrogen) atoms. The van der Waals surface area contributed by atoms with E-state index in [0.717, 1.165) is 5.92 Å². The Morgan fingerprint density at radius 2 is 1.86 bits per heavy atom. The lowest BCUT2D eigenvalue weighted by molar-refractivity contribution is 0.599. The third-order valence-corrected chi connectivity index (χ3v) is 4.06. The number of allylic oxidation sites excluding steroid dienone is 4. The first-order valence-corrected chi connectivity index (χ1v) is 6.21. The van der Waals surface area contributed by atoms with Gasteiger partial charge >= 0.3 is 0 Å². The predicted molar refractivity (Wildman–Crippen MR) is 62.3 cm³/mol. The number of rotatable bonds is 2. The van der Waals surface area contributed by atoms with Crippen LogP contribution in [0.15, 0.2) is 22.3 Å². The minimum Gasteiger partial charge on any atom is -0.0645 e. The van der Waals surface area contributed by atoms with Crippen LogP contribution in [0, 0.1) is 5.92 Å². The Hall–Kier alpha value is -0.520. The molecule has 0 aromatic carbocycles. The van der Waals surface area contributed by atoms with Crippen LogP contribution in [0.25, 0.3) is 0 Å². The molecule has 1 unspecified atom stereocenters. The van der Waals surface area contributed by atoms with Crippen LogP contribution in [0.5, 0.6) is 0 Å². The van der Waals surface area contributed by atoms with E-state index in [9.17, 15) is 0 Å². The molecule has 0 fully saturated rings. The van der Waals surface area contributed by atoms with Crippen LogP contribution in [-0.2, 0) is 0 Å². The third-order valence-electron chi connectivity index (χ3n) is 4.06. The van der Waals surface area contributed by atoms with Gasteiger partial charge in [-0.05, 0) is 56.6 Å². The second-order valence-electron chi connectivity index (χ2n) is 4.69. The molecule has 0 saturated heterocycles. The van der Waals surface area contributed by atoms with E-state index in [4.69, 9.17) is 0 Å². The molecular formula is C14H22. The second-order valence-corrected chi connectivity index (χ2v) is 4.69. The van der Waals surface area contributed by atoms with E-state index < -0.39 is 0 Å². The quantitative estimate of drug-likeness (QED) is 0.596. The minimum atomic E-state index is 0.820. The Bertz CT molecular complexity index is 291. The fourth-order valence-corrected chi connectivity index (χ4v) is 3.41. The van der Waals surface area contributed by atoms with Gasteiger partial charge < -0.3 is 0 Å². The average Bonchev–Trinajstić information content (AvgIpc) is 2.49. The molecule has 0 aliphatic heterocycles. The fourth-order valence-electron chi connectivity index (χ4n) is 3.41. The van der Waals surface area contributed by atoms with Crippen molar-refractivity contribution in [3.8, 4) is 0 Å². The summed E-state index contributed by atoms with van der Waals surface area (Å²) in [5.74, 6) is 0.820. The summed E-state index contributed by atoms with van der Waals surface area (Å²) in [5, 5.41) is 0. The van der Waals surface area contributed by atoms with Gasteiger partial charge in [0.05, 0.1) is 0 Å². The zero-order valence-electron chi connectivity index (χ0n) is 9.82. The first-order chi connectivity index (χ1) is 6.79. The first-order valence-electron chi connectivity index (χ1n) is 6.21. The highest BCUT2D eigenvalue weighted by molar-refractivity contribution is 5.49. The first kappa shape index (κ1) is 10.0. The molecule has 0 N–H and O–H groups in total. The van der Waals surface area contributed by atoms with E-state index >= 15 is 0 Å². The lowest BCUT2D eigenvalue weighted by Crippen LogP contribution is -2.04. The third kappa shape index (κ3) is 1.36. The Kier molecular flexibility index (Phi) is 2.80. The maximum absolute atomic E-state index is 2.37. The molecule has 2 aliphatic carbocycles. The molecule has 0 radical (unpaired) electrons. The predicted octanol–water partition coefficient (Wildman–Crippen LogP) is 4.62. The molecule has 0 spiro atoms. The van der Waals surface area contributed by atoms with Crippen molar-refractivity contribution in [1.29, 1.82) is 0 Å². The van der Waals surface area contributed by atoms with Gasteiger partial charge in [0.25, 0.3) is 0 Å². The second kappa shape index (κ2) is 3.92. The van der Waals surface area contributed by atoms with Crippen molar-refractivity contribution in [1.82, 2.24) is 0 Å². The Balaban J connectivity index is 2.38. The molecule has 0 heteroatoms. The van der Waals surface area contributed by atoms with Crippen LogP contribution in [0.4, 0.5) is 0 Å². The minimum absolute atomic E-state index is 0.820. The average molecular weight is 190 g/mol. The van der Waals surface area contributed by atoms with Gasteiger partial charge in [0.15, 0.2) is 0 Å². The van der Waals surface area contributed by atoms with E-state index in [1.807, 2.05) is 5.57 Å². The highest BCUT2D eigenvalue weighted by Crippen LogP contribution is 2.46. The van der Waals surface area contributed by atoms with Gasteiger partial charge in [-0.3, -0.25) is 0 Å². The summed E-state index contributed by atoms with van der Waals surface area (Å²) in [6.45, 7) is 7.02. The Labute approximate surface area is 88.1 Å². The van der Waals surface area contributed by atoms with E-state index in [1.165, 1.54) is 38.5 Å². The molecule has 0 heterocycles.